The average Bonchev–Trinajstić information content (AvgIpc) is 2.32. The van der Waals surface area contributed by atoms with E-state index in [0.29, 0.717) is 5.75 Å². The van der Waals surface area contributed by atoms with Crippen molar-refractivity contribution in [3.05, 3.63) is 39.4 Å². The summed E-state index contributed by atoms with van der Waals surface area (Å²) in [5, 5.41) is -0.504. The number of ether oxygens (including phenoxy) is 1. The highest BCUT2D eigenvalue weighted by molar-refractivity contribution is 6.59. The van der Waals surface area contributed by atoms with Crippen molar-refractivity contribution in [2.45, 2.75) is 0 Å². The number of benzene rings is 1. The SMILES string of the molecule is COc1cccc2c1C(=O)C(Cl)=C(Cl)C2=O. The molecule has 1 aliphatic carbocycles. The van der Waals surface area contributed by atoms with Crippen LogP contribution in [0.2, 0.25) is 0 Å². The molecule has 0 spiro atoms. The van der Waals surface area contributed by atoms with Crippen molar-refractivity contribution in [1.29, 1.82) is 0 Å². The van der Waals surface area contributed by atoms with Crippen LogP contribution >= 0.6 is 23.2 Å². The van der Waals surface area contributed by atoms with Crippen LogP contribution in [-0.2, 0) is 0 Å². The van der Waals surface area contributed by atoms with Crippen molar-refractivity contribution in [3.63, 3.8) is 0 Å². The second-order valence-electron chi connectivity index (χ2n) is 3.17. The van der Waals surface area contributed by atoms with E-state index in [4.69, 9.17) is 27.9 Å². The molecule has 2 rings (SSSR count). The first-order chi connectivity index (χ1) is 7.57. The smallest absolute Gasteiger partial charge is 0.210 e. The fourth-order valence-corrected chi connectivity index (χ4v) is 1.92. The highest BCUT2D eigenvalue weighted by Gasteiger charge is 2.32. The van der Waals surface area contributed by atoms with Gasteiger partial charge in [-0.2, -0.15) is 0 Å². The van der Waals surface area contributed by atoms with Gasteiger partial charge in [0.25, 0.3) is 0 Å². The molecule has 0 aliphatic heterocycles. The number of hydrogen-bond acceptors (Lipinski definition) is 3. The van der Waals surface area contributed by atoms with Crippen LogP contribution in [0.5, 0.6) is 5.75 Å². The number of rotatable bonds is 1. The molecule has 0 fully saturated rings. The van der Waals surface area contributed by atoms with Gasteiger partial charge in [0, 0.05) is 5.56 Å². The summed E-state index contributed by atoms with van der Waals surface area (Å²) in [5.41, 5.74) is 0.392. The van der Waals surface area contributed by atoms with Gasteiger partial charge >= 0.3 is 0 Å². The highest BCUT2D eigenvalue weighted by Crippen LogP contribution is 2.35. The predicted octanol–water partition coefficient (Wildman–Crippen LogP) is 2.76. The fraction of sp³-hybridized carbons (Fsp3) is 0.0909. The molecule has 0 aromatic heterocycles. The largest absolute Gasteiger partial charge is 0.496 e. The summed E-state index contributed by atoms with van der Waals surface area (Å²) in [6, 6.07) is 4.73. The lowest BCUT2D eigenvalue weighted by Gasteiger charge is -2.16. The number of carbonyl (C=O) groups excluding carboxylic acids is 2. The topological polar surface area (TPSA) is 43.4 Å². The Morgan fingerprint density at radius 2 is 1.69 bits per heavy atom. The van der Waals surface area contributed by atoms with Crippen LogP contribution in [0, 0.1) is 0 Å². The zero-order valence-electron chi connectivity index (χ0n) is 8.21. The van der Waals surface area contributed by atoms with E-state index in [9.17, 15) is 9.59 Å². The Kier molecular flexibility index (Phi) is 2.74. The zero-order valence-corrected chi connectivity index (χ0v) is 9.72. The van der Waals surface area contributed by atoms with Gasteiger partial charge < -0.3 is 4.74 Å². The Hall–Kier alpha value is -1.32. The van der Waals surface area contributed by atoms with Crippen LogP contribution in [0.1, 0.15) is 20.7 Å². The second kappa shape index (κ2) is 3.92. The van der Waals surface area contributed by atoms with Crippen molar-refractivity contribution in [3.8, 4) is 5.75 Å². The van der Waals surface area contributed by atoms with E-state index in [-0.39, 0.29) is 21.2 Å². The van der Waals surface area contributed by atoms with Gasteiger partial charge in [-0.25, -0.2) is 0 Å². The molecule has 16 heavy (non-hydrogen) atoms. The molecule has 0 unspecified atom stereocenters. The summed E-state index contributed by atoms with van der Waals surface area (Å²) in [6.45, 7) is 0. The van der Waals surface area contributed by atoms with Gasteiger partial charge in [-0.1, -0.05) is 29.3 Å². The lowest BCUT2D eigenvalue weighted by Crippen LogP contribution is -2.18. The van der Waals surface area contributed by atoms with E-state index < -0.39 is 11.6 Å². The van der Waals surface area contributed by atoms with Gasteiger partial charge in [0.15, 0.2) is 0 Å². The second-order valence-corrected chi connectivity index (χ2v) is 3.92. The average molecular weight is 257 g/mol. The predicted molar refractivity (Wildman–Crippen MR) is 60.4 cm³/mol. The van der Waals surface area contributed by atoms with E-state index >= 15 is 0 Å². The van der Waals surface area contributed by atoms with Crippen molar-refractivity contribution in [1.82, 2.24) is 0 Å². The summed E-state index contributed by atoms with van der Waals surface area (Å²) in [7, 11) is 1.42. The number of fused-ring (bicyclic) bond motifs is 1. The van der Waals surface area contributed by atoms with E-state index in [1.54, 1.807) is 12.1 Å². The van der Waals surface area contributed by atoms with E-state index in [2.05, 4.69) is 0 Å². The van der Waals surface area contributed by atoms with Crippen LogP contribution in [0.25, 0.3) is 0 Å². The number of halogens is 2. The molecule has 82 valence electrons. The quantitative estimate of drug-likeness (QED) is 0.776. The Morgan fingerprint density at radius 3 is 2.31 bits per heavy atom. The van der Waals surface area contributed by atoms with Crippen LogP contribution < -0.4 is 4.74 Å². The standard InChI is InChI=1S/C11H6Cl2O3/c1-16-6-4-2-3-5-7(6)11(15)9(13)8(12)10(5)14/h2-4H,1H3. The fourth-order valence-electron chi connectivity index (χ4n) is 1.55. The molecule has 0 atom stereocenters. The molecule has 0 bridgehead atoms. The maximum Gasteiger partial charge on any atom is 0.210 e. The van der Waals surface area contributed by atoms with Gasteiger partial charge in [0.05, 0.1) is 12.7 Å². The van der Waals surface area contributed by atoms with Gasteiger partial charge in [-0.05, 0) is 12.1 Å². The minimum Gasteiger partial charge on any atom is -0.496 e. The molecule has 1 aromatic carbocycles. The summed E-state index contributed by atoms with van der Waals surface area (Å²) in [5.74, 6) is -0.628. The molecule has 0 N–H and O–H groups in total. The number of ketones is 2. The third-order valence-electron chi connectivity index (χ3n) is 2.31. The van der Waals surface area contributed by atoms with Gasteiger partial charge in [0.1, 0.15) is 15.8 Å². The van der Waals surface area contributed by atoms with Crippen LogP contribution in [0.4, 0.5) is 0 Å². The van der Waals surface area contributed by atoms with Crippen molar-refractivity contribution in [2.75, 3.05) is 7.11 Å². The Bertz CT molecular complexity index is 532. The summed E-state index contributed by atoms with van der Waals surface area (Å²) < 4.78 is 5.02. The van der Waals surface area contributed by atoms with E-state index in [0.717, 1.165) is 0 Å². The monoisotopic (exact) mass is 256 g/mol. The number of hydrogen-bond donors (Lipinski definition) is 0. The molecule has 1 aromatic rings. The molecule has 5 heteroatoms. The molecule has 0 saturated heterocycles. The summed E-state index contributed by atoms with van der Waals surface area (Å²) in [4.78, 5) is 23.6. The first-order valence-corrected chi connectivity index (χ1v) is 5.15. The molecule has 0 saturated carbocycles. The van der Waals surface area contributed by atoms with Gasteiger partial charge in [0.2, 0.25) is 11.6 Å². The maximum atomic E-state index is 11.8. The molecule has 1 aliphatic rings. The van der Waals surface area contributed by atoms with Gasteiger partial charge in [-0.3, -0.25) is 9.59 Å². The molecule has 0 heterocycles. The zero-order chi connectivity index (χ0) is 11.9. The maximum absolute atomic E-state index is 11.8. The normalized spacial score (nSPS) is 15.2. The third kappa shape index (κ3) is 1.44. The number of Topliss-reactive ketones (excluding diaryl/α,β-unsaturated/α-hetero) is 2. The molecular formula is C11H6Cl2O3. The van der Waals surface area contributed by atoms with Crippen LogP contribution in [0.15, 0.2) is 28.3 Å². The van der Waals surface area contributed by atoms with Crippen molar-refractivity contribution >= 4 is 34.8 Å². The molecule has 3 nitrogen and oxygen atoms in total. The van der Waals surface area contributed by atoms with Crippen molar-refractivity contribution < 1.29 is 14.3 Å². The number of allylic oxidation sites excluding steroid dienone is 2. The lowest BCUT2D eigenvalue weighted by molar-refractivity contribution is 0.0984. The molecule has 0 amide bonds. The van der Waals surface area contributed by atoms with Crippen LogP contribution in [0.3, 0.4) is 0 Å². The van der Waals surface area contributed by atoms with Crippen LogP contribution in [-0.4, -0.2) is 18.7 Å². The van der Waals surface area contributed by atoms with Gasteiger partial charge in [-0.15, -0.1) is 0 Å². The number of methoxy groups -OCH3 is 1. The van der Waals surface area contributed by atoms with E-state index in [1.807, 2.05) is 0 Å². The molecule has 0 radical (unpaired) electrons. The lowest BCUT2D eigenvalue weighted by atomic mass is 9.93. The Labute approximate surface area is 102 Å². The Balaban J connectivity index is 2.76. The number of carbonyl (C=O) groups is 2. The third-order valence-corrected chi connectivity index (χ3v) is 3.13. The van der Waals surface area contributed by atoms with Crippen molar-refractivity contribution in [2.24, 2.45) is 0 Å². The Morgan fingerprint density at radius 1 is 1.06 bits per heavy atom. The minimum atomic E-state index is -0.487. The minimum absolute atomic E-state index is 0.171. The molecular weight excluding hydrogens is 251 g/mol. The summed E-state index contributed by atoms with van der Waals surface area (Å²) in [6.07, 6.45) is 0. The highest BCUT2D eigenvalue weighted by atomic mass is 35.5. The summed E-state index contributed by atoms with van der Waals surface area (Å²) >= 11 is 11.4. The first kappa shape index (κ1) is 11.2. The first-order valence-electron chi connectivity index (χ1n) is 4.39. The van der Waals surface area contributed by atoms with E-state index in [1.165, 1.54) is 13.2 Å².